The van der Waals surface area contributed by atoms with E-state index < -0.39 is 0 Å². The van der Waals surface area contributed by atoms with Gasteiger partial charge in [0.15, 0.2) is 0 Å². The van der Waals surface area contributed by atoms with Crippen molar-refractivity contribution in [2.24, 2.45) is 0 Å². The molecule has 1 aromatic heterocycles. The third-order valence-electron chi connectivity index (χ3n) is 2.77. The number of aromatic nitrogens is 2. The summed E-state index contributed by atoms with van der Waals surface area (Å²) in [7, 11) is 0. The molecule has 0 spiro atoms. The monoisotopic (exact) mass is 261 g/mol. The summed E-state index contributed by atoms with van der Waals surface area (Å²) in [6.07, 6.45) is 0.966. The van der Waals surface area contributed by atoms with Crippen LogP contribution in [0.2, 0.25) is 5.15 Å². The van der Waals surface area contributed by atoms with Gasteiger partial charge in [0, 0.05) is 12.6 Å². The summed E-state index contributed by atoms with van der Waals surface area (Å²) in [5.74, 6) is 1.46. The van der Waals surface area contributed by atoms with Crippen LogP contribution >= 0.6 is 11.6 Å². The summed E-state index contributed by atoms with van der Waals surface area (Å²) in [4.78, 5) is 8.31. The van der Waals surface area contributed by atoms with Gasteiger partial charge in [-0.2, -0.15) is 0 Å². The highest BCUT2D eigenvalue weighted by molar-refractivity contribution is 6.29. The first-order valence-corrected chi connectivity index (χ1v) is 6.32. The maximum Gasteiger partial charge on any atom is 0.134 e. The highest BCUT2D eigenvalue weighted by Crippen LogP contribution is 2.12. The van der Waals surface area contributed by atoms with Crippen molar-refractivity contribution in [1.29, 1.82) is 0 Å². The summed E-state index contributed by atoms with van der Waals surface area (Å²) >= 11 is 5.88. The van der Waals surface area contributed by atoms with E-state index in [2.05, 4.69) is 46.5 Å². The van der Waals surface area contributed by atoms with E-state index >= 15 is 0 Å². The van der Waals surface area contributed by atoms with Gasteiger partial charge in [-0.25, -0.2) is 9.97 Å². The summed E-state index contributed by atoms with van der Waals surface area (Å²) in [6.45, 7) is 4.79. The maximum atomic E-state index is 5.88. The van der Waals surface area contributed by atoms with Gasteiger partial charge in [0.1, 0.15) is 16.8 Å². The molecule has 0 radical (unpaired) electrons. The first kappa shape index (κ1) is 12.8. The number of nitrogens with one attached hydrogen (secondary N) is 1. The summed E-state index contributed by atoms with van der Waals surface area (Å²) in [6, 6.07) is 10.1. The van der Waals surface area contributed by atoms with Gasteiger partial charge < -0.3 is 5.32 Å². The van der Waals surface area contributed by atoms with Crippen LogP contribution in [0.4, 0.5) is 5.82 Å². The van der Waals surface area contributed by atoms with E-state index in [0.717, 1.165) is 18.8 Å². The Morgan fingerprint density at radius 1 is 1.17 bits per heavy atom. The molecule has 1 heterocycles. The fourth-order valence-corrected chi connectivity index (χ4v) is 2.06. The lowest BCUT2D eigenvalue weighted by molar-refractivity contribution is 0.973. The minimum Gasteiger partial charge on any atom is -0.370 e. The van der Waals surface area contributed by atoms with E-state index in [1.807, 2.05) is 6.92 Å². The minimum absolute atomic E-state index is 0.473. The maximum absolute atomic E-state index is 5.88. The Morgan fingerprint density at radius 2 is 1.94 bits per heavy atom. The van der Waals surface area contributed by atoms with Gasteiger partial charge in [-0.05, 0) is 31.4 Å². The predicted octanol–water partition coefficient (Wildman–Crippen LogP) is 3.40. The van der Waals surface area contributed by atoms with Crippen LogP contribution < -0.4 is 5.32 Å². The molecule has 0 amide bonds. The lowest BCUT2D eigenvalue weighted by atomic mass is 10.1. The lowest BCUT2D eigenvalue weighted by Crippen LogP contribution is -2.08. The molecular formula is C14H16ClN3. The number of hydrogen-bond acceptors (Lipinski definition) is 3. The van der Waals surface area contributed by atoms with Crippen molar-refractivity contribution < 1.29 is 0 Å². The van der Waals surface area contributed by atoms with Crippen LogP contribution in [-0.4, -0.2) is 16.5 Å². The van der Waals surface area contributed by atoms with E-state index in [1.54, 1.807) is 6.07 Å². The Kier molecular flexibility index (Phi) is 4.15. The van der Waals surface area contributed by atoms with Crippen molar-refractivity contribution in [3.05, 3.63) is 52.4 Å². The highest BCUT2D eigenvalue weighted by Gasteiger charge is 2.00. The van der Waals surface area contributed by atoms with Crippen molar-refractivity contribution in [2.45, 2.75) is 20.3 Å². The van der Waals surface area contributed by atoms with E-state index in [4.69, 9.17) is 11.6 Å². The summed E-state index contributed by atoms with van der Waals surface area (Å²) in [5.41, 5.74) is 2.66. The topological polar surface area (TPSA) is 37.8 Å². The number of halogens is 1. The van der Waals surface area contributed by atoms with Crippen molar-refractivity contribution in [2.75, 3.05) is 11.9 Å². The van der Waals surface area contributed by atoms with Gasteiger partial charge >= 0.3 is 0 Å². The van der Waals surface area contributed by atoms with Gasteiger partial charge in [0.2, 0.25) is 0 Å². The number of nitrogens with zero attached hydrogens (tertiary/aromatic N) is 2. The van der Waals surface area contributed by atoms with Crippen LogP contribution in [0.1, 0.15) is 17.0 Å². The van der Waals surface area contributed by atoms with E-state index in [1.165, 1.54) is 11.1 Å². The smallest absolute Gasteiger partial charge is 0.134 e. The van der Waals surface area contributed by atoms with Crippen molar-refractivity contribution in [3.63, 3.8) is 0 Å². The molecule has 0 atom stereocenters. The Labute approximate surface area is 112 Å². The third kappa shape index (κ3) is 3.44. The molecule has 94 valence electrons. The number of benzene rings is 1. The predicted molar refractivity (Wildman–Crippen MR) is 75.2 cm³/mol. The first-order chi connectivity index (χ1) is 8.65. The molecule has 3 nitrogen and oxygen atoms in total. The zero-order valence-corrected chi connectivity index (χ0v) is 11.3. The molecule has 0 fully saturated rings. The van der Waals surface area contributed by atoms with E-state index in [-0.39, 0.29) is 0 Å². The molecular weight excluding hydrogens is 246 g/mol. The molecule has 0 bridgehead atoms. The Balaban J connectivity index is 1.94. The van der Waals surface area contributed by atoms with E-state index in [0.29, 0.717) is 11.0 Å². The fourth-order valence-electron chi connectivity index (χ4n) is 1.84. The SMILES string of the molecule is Cc1nc(Cl)cc(NCCc2ccccc2C)n1. The first-order valence-electron chi connectivity index (χ1n) is 5.95. The third-order valence-corrected chi connectivity index (χ3v) is 2.96. The van der Waals surface area contributed by atoms with Gasteiger partial charge in [-0.1, -0.05) is 35.9 Å². The zero-order chi connectivity index (χ0) is 13.0. The minimum atomic E-state index is 0.473. The van der Waals surface area contributed by atoms with Gasteiger partial charge in [-0.15, -0.1) is 0 Å². The number of aryl methyl sites for hydroxylation is 2. The molecule has 0 aliphatic rings. The lowest BCUT2D eigenvalue weighted by Gasteiger charge is -2.08. The number of hydrogen-bond donors (Lipinski definition) is 1. The molecule has 0 saturated carbocycles. The Morgan fingerprint density at radius 3 is 2.67 bits per heavy atom. The fraction of sp³-hybridized carbons (Fsp3) is 0.286. The van der Waals surface area contributed by atoms with Crippen LogP contribution in [0.3, 0.4) is 0 Å². The Bertz CT molecular complexity index is 520. The van der Waals surface area contributed by atoms with Crippen LogP contribution in [-0.2, 0) is 6.42 Å². The van der Waals surface area contributed by atoms with Gasteiger partial charge in [0.25, 0.3) is 0 Å². The van der Waals surface area contributed by atoms with Gasteiger partial charge in [0.05, 0.1) is 0 Å². The largest absolute Gasteiger partial charge is 0.370 e. The van der Waals surface area contributed by atoms with Crippen molar-refractivity contribution in [1.82, 2.24) is 9.97 Å². The highest BCUT2D eigenvalue weighted by atomic mass is 35.5. The number of rotatable bonds is 4. The molecule has 1 aromatic carbocycles. The second-order valence-corrected chi connectivity index (χ2v) is 4.61. The zero-order valence-electron chi connectivity index (χ0n) is 10.6. The average Bonchev–Trinajstić information content (AvgIpc) is 2.30. The number of anilines is 1. The molecule has 0 aliphatic heterocycles. The standard InChI is InChI=1S/C14H16ClN3/c1-10-5-3-4-6-12(10)7-8-16-14-9-13(15)17-11(2)18-14/h3-6,9H,7-8H2,1-2H3,(H,16,17,18). The van der Waals surface area contributed by atoms with Crippen LogP contribution in [0, 0.1) is 13.8 Å². The second kappa shape index (κ2) is 5.83. The van der Waals surface area contributed by atoms with Crippen LogP contribution in [0.25, 0.3) is 0 Å². The molecule has 2 aromatic rings. The van der Waals surface area contributed by atoms with Crippen molar-refractivity contribution >= 4 is 17.4 Å². The van der Waals surface area contributed by atoms with Gasteiger partial charge in [-0.3, -0.25) is 0 Å². The molecule has 2 rings (SSSR count). The molecule has 4 heteroatoms. The van der Waals surface area contributed by atoms with Crippen LogP contribution in [0.5, 0.6) is 0 Å². The molecule has 1 N–H and O–H groups in total. The van der Waals surface area contributed by atoms with E-state index in [9.17, 15) is 0 Å². The Hall–Kier alpha value is -1.61. The molecule has 0 unspecified atom stereocenters. The summed E-state index contributed by atoms with van der Waals surface area (Å²) in [5, 5.41) is 3.74. The normalized spacial score (nSPS) is 10.4. The van der Waals surface area contributed by atoms with Crippen molar-refractivity contribution in [3.8, 4) is 0 Å². The summed E-state index contributed by atoms with van der Waals surface area (Å²) < 4.78 is 0. The molecule has 18 heavy (non-hydrogen) atoms. The second-order valence-electron chi connectivity index (χ2n) is 4.23. The quantitative estimate of drug-likeness (QED) is 0.858. The molecule has 0 saturated heterocycles. The average molecular weight is 262 g/mol. The van der Waals surface area contributed by atoms with Crippen LogP contribution in [0.15, 0.2) is 30.3 Å². The molecule has 0 aliphatic carbocycles.